The van der Waals surface area contributed by atoms with Gasteiger partial charge in [0.15, 0.2) is 0 Å². The summed E-state index contributed by atoms with van der Waals surface area (Å²) in [4.78, 5) is 10.8. The molecule has 0 saturated heterocycles. The van der Waals surface area contributed by atoms with Crippen LogP contribution in [0, 0.1) is 0 Å². The van der Waals surface area contributed by atoms with E-state index in [4.69, 9.17) is 5.73 Å². The van der Waals surface area contributed by atoms with Crippen LogP contribution in [0.4, 0.5) is 0 Å². The van der Waals surface area contributed by atoms with E-state index in [0.717, 1.165) is 0 Å². The van der Waals surface area contributed by atoms with Crippen molar-refractivity contribution in [3.63, 3.8) is 0 Å². The number of hydrogen-bond acceptors (Lipinski definition) is 4. The summed E-state index contributed by atoms with van der Waals surface area (Å²) in [6.45, 7) is 5.07. The lowest BCUT2D eigenvalue weighted by atomic mass is 10.4. The van der Waals surface area contributed by atoms with E-state index in [1.165, 1.54) is 6.92 Å². The second kappa shape index (κ2) is 5.19. The first kappa shape index (κ1) is 11.5. The fourth-order valence-corrected chi connectivity index (χ4v) is 1.21. The second-order valence-electron chi connectivity index (χ2n) is 2.74. The van der Waals surface area contributed by atoms with Crippen LogP contribution < -0.4 is 10.8 Å². The van der Waals surface area contributed by atoms with E-state index in [1.807, 2.05) is 0 Å². The van der Waals surface area contributed by atoms with Crippen LogP contribution >= 0.6 is 8.18 Å². The molecule has 5 nitrogen and oxygen atoms in total. The average Bonchev–Trinajstić information content (AvgIpc) is 1.84. The van der Waals surface area contributed by atoms with Crippen LogP contribution in [-0.2, 0) is 13.9 Å². The van der Waals surface area contributed by atoms with E-state index in [-0.39, 0.29) is 6.04 Å². The summed E-state index contributed by atoms with van der Waals surface area (Å²) in [6, 6.07) is -0.729. The highest BCUT2D eigenvalue weighted by molar-refractivity contribution is 7.37. The summed E-state index contributed by atoms with van der Waals surface area (Å²) in [7, 11) is -2.12. The van der Waals surface area contributed by atoms with E-state index in [2.05, 4.69) is 9.61 Å². The van der Waals surface area contributed by atoms with Gasteiger partial charge in [0.2, 0.25) is 0 Å². The van der Waals surface area contributed by atoms with Gasteiger partial charge in [0, 0.05) is 10.6 Å². The maximum atomic E-state index is 10.9. The molecule has 0 fully saturated rings. The lowest BCUT2D eigenvalue weighted by Gasteiger charge is -1.97. The zero-order valence-corrected chi connectivity index (χ0v) is 8.30. The Balaban J connectivity index is 3.77. The zero-order chi connectivity index (χ0) is 9.72. The Morgan fingerprint density at radius 2 is 2.00 bits per heavy atom. The van der Waals surface area contributed by atoms with Gasteiger partial charge in [0.05, 0.1) is 0 Å². The third-order valence-electron chi connectivity index (χ3n) is 0.908. The number of nitrogens with one attached hydrogen (secondary N) is 1. The van der Waals surface area contributed by atoms with E-state index >= 15 is 0 Å². The van der Waals surface area contributed by atoms with E-state index < -0.39 is 20.2 Å². The summed E-state index contributed by atoms with van der Waals surface area (Å²) in [6.07, 6.45) is 0. The first-order valence-electron chi connectivity index (χ1n) is 3.64. The molecular weight excluding hydrogens is 179 g/mol. The van der Waals surface area contributed by atoms with E-state index in [1.54, 1.807) is 13.8 Å². The van der Waals surface area contributed by atoms with Crippen molar-refractivity contribution in [1.82, 2.24) is 5.09 Å². The van der Waals surface area contributed by atoms with Crippen LogP contribution in [-0.4, -0.2) is 18.1 Å². The Hall–Kier alpha value is -0.510. The Labute approximate surface area is 72.6 Å². The lowest BCUT2D eigenvalue weighted by molar-refractivity contribution is -0.134. The van der Waals surface area contributed by atoms with Crippen molar-refractivity contribution in [3.05, 3.63) is 0 Å². The molecular formula is C6H14N2O3P+. The van der Waals surface area contributed by atoms with Crippen LogP contribution in [0.15, 0.2) is 0 Å². The molecule has 0 aliphatic heterocycles. The predicted octanol–water partition coefficient (Wildman–Crippen LogP) is 0.532. The molecule has 0 amide bonds. The highest BCUT2D eigenvalue weighted by Gasteiger charge is 2.26. The SMILES string of the molecule is CC(C)N[P+](=O)OC(=O)[C@H](C)N. The average molecular weight is 193 g/mol. The van der Waals surface area contributed by atoms with Gasteiger partial charge in [-0.3, -0.25) is 0 Å². The molecule has 0 bridgehead atoms. The molecule has 1 unspecified atom stereocenters. The van der Waals surface area contributed by atoms with Crippen molar-refractivity contribution >= 4 is 14.1 Å². The number of carbonyl (C=O) groups is 1. The van der Waals surface area contributed by atoms with Gasteiger partial charge >= 0.3 is 14.1 Å². The quantitative estimate of drug-likeness (QED) is 0.636. The van der Waals surface area contributed by atoms with Crippen LogP contribution in [0.3, 0.4) is 0 Å². The molecule has 70 valence electrons. The molecule has 0 aromatic carbocycles. The topological polar surface area (TPSA) is 81.4 Å². The molecule has 6 heteroatoms. The fraction of sp³-hybridized carbons (Fsp3) is 0.833. The second-order valence-corrected chi connectivity index (χ2v) is 3.69. The molecule has 0 aromatic heterocycles. The van der Waals surface area contributed by atoms with Gasteiger partial charge < -0.3 is 5.73 Å². The Bertz CT molecular complexity index is 182. The van der Waals surface area contributed by atoms with Gasteiger partial charge in [-0.1, -0.05) is 5.09 Å². The van der Waals surface area contributed by atoms with Crippen LogP contribution in [0.25, 0.3) is 0 Å². The summed E-state index contributed by atoms with van der Waals surface area (Å²) in [5.74, 6) is -0.663. The minimum atomic E-state index is -2.12. The van der Waals surface area contributed by atoms with Crippen molar-refractivity contribution in [2.75, 3.05) is 0 Å². The molecule has 12 heavy (non-hydrogen) atoms. The summed E-state index contributed by atoms with van der Waals surface area (Å²) in [5, 5.41) is 2.54. The molecule has 0 heterocycles. The maximum absolute atomic E-state index is 10.9. The van der Waals surface area contributed by atoms with Crippen LogP contribution in [0.2, 0.25) is 0 Å². The van der Waals surface area contributed by atoms with Crippen molar-refractivity contribution in [2.45, 2.75) is 32.9 Å². The molecule has 3 N–H and O–H groups in total. The Morgan fingerprint density at radius 3 is 2.33 bits per heavy atom. The van der Waals surface area contributed by atoms with E-state index in [0.29, 0.717) is 0 Å². The monoisotopic (exact) mass is 193 g/mol. The van der Waals surface area contributed by atoms with Crippen molar-refractivity contribution < 1.29 is 13.9 Å². The fourth-order valence-electron chi connectivity index (χ4n) is 0.402. The number of nitrogens with two attached hydrogens (primary N) is 1. The minimum Gasteiger partial charge on any atom is -0.319 e. The van der Waals surface area contributed by atoms with Gasteiger partial charge in [-0.25, -0.2) is 4.79 Å². The smallest absolute Gasteiger partial charge is 0.319 e. The summed E-state index contributed by atoms with van der Waals surface area (Å²) in [5.41, 5.74) is 5.18. The molecule has 0 aromatic rings. The number of hydrogen-bond donors (Lipinski definition) is 2. The van der Waals surface area contributed by atoms with Gasteiger partial charge in [-0.2, -0.15) is 4.52 Å². The number of rotatable bonds is 4. The Morgan fingerprint density at radius 1 is 1.50 bits per heavy atom. The van der Waals surface area contributed by atoms with E-state index in [9.17, 15) is 9.36 Å². The minimum absolute atomic E-state index is 0.00879. The first-order chi connectivity index (χ1) is 5.43. The first-order valence-corrected chi connectivity index (χ1v) is 4.82. The normalized spacial score (nSPS) is 14.2. The van der Waals surface area contributed by atoms with Gasteiger partial charge in [-0.15, -0.1) is 0 Å². The van der Waals surface area contributed by atoms with Crippen LogP contribution in [0.5, 0.6) is 0 Å². The van der Waals surface area contributed by atoms with Crippen molar-refractivity contribution in [2.24, 2.45) is 5.73 Å². The molecule has 2 atom stereocenters. The van der Waals surface area contributed by atoms with Crippen molar-refractivity contribution in [3.8, 4) is 0 Å². The summed E-state index contributed by atoms with van der Waals surface area (Å²) < 4.78 is 15.4. The lowest BCUT2D eigenvalue weighted by Crippen LogP contribution is -2.28. The largest absolute Gasteiger partial charge is 0.666 e. The predicted molar refractivity (Wildman–Crippen MR) is 45.6 cm³/mol. The van der Waals surface area contributed by atoms with Gasteiger partial charge in [-0.05, 0) is 20.8 Å². The third kappa shape index (κ3) is 5.18. The molecule has 0 aliphatic carbocycles. The molecule has 0 radical (unpaired) electrons. The maximum Gasteiger partial charge on any atom is 0.666 e. The van der Waals surface area contributed by atoms with Gasteiger partial charge in [0.25, 0.3) is 0 Å². The summed E-state index contributed by atoms with van der Waals surface area (Å²) >= 11 is 0. The molecule has 0 aliphatic rings. The molecule has 0 saturated carbocycles. The zero-order valence-electron chi connectivity index (χ0n) is 7.40. The number of carbonyl (C=O) groups excluding carboxylic acids is 1. The molecule has 0 spiro atoms. The highest BCUT2D eigenvalue weighted by Crippen LogP contribution is 2.17. The highest BCUT2D eigenvalue weighted by atomic mass is 31.1. The Kier molecular flexibility index (Phi) is 4.97. The van der Waals surface area contributed by atoms with Gasteiger partial charge in [0.1, 0.15) is 6.04 Å². The standard InChI is InChI=1S/C6H14N2O3P/c1-4(2)8-12(10)11-6(9)5(3)7/h4-5H,7H2,1-3H3,(H,8,10)/q+1/t5-/m0/s1. The third-order valence-corrected chi connectivity index (χ3v) is 1.98. The van der Waals surface area contributed by atoms with Crippen LogP contribution in [0.1, 0.15) is 20.8 Å². The van der Waals surface area contributed by atoms with Crippen molar-refractivity contribution in [1.29, 1.82) is 0 Å². The molecule has 0 rings (SSSR count).